The number of rotatable bonds is 5. The number of esters is 1. The molecule has 0 heterocycles. The van der Waals surface area contributed by atoms with Gasteiger partial charge in [-0.15, -0.1) is 0 Å². The molecule has 1 unspecified atom stereocenters. The van der Waals surface area contributed by atoms with Crippen LogP contribution in [0.25, 0.3) is 5.57 Å². The van der Waals surface area contributed by atoms with E-state index >= 15 is 0 Å². The van der Waals surface area contributed by atoms with Crippen LogP contribution in [0.1, 0.15) is 37.7 Å². The molecule has 1 aliphatic rings. The highest BCUT2D eigenvalue weighted by molar-refractivity contribution is 6.82. The van der Waals surface area contributed by atoms with E-state index in [9.17, 15) is 4.79 Å². The molecule has 3 heteroatoms. The molecule has 2 nitrogen and oxygen atoms in total. The van der Waals surface area contributed by atoms with Crippen LogP contribution in [0.5, 0.6) is 0 Å². The van der Waals surface area contributed by atoms with Crippen molar-refractivity contribution in [3.05, 3.63) is 42.0 Å². The fraction of sp³-hybridized carbons (Fsp3) is 0.550. The molecule has 126 valence electrons. The largest absolute Gasteiger partial charge is 0.469 e. The van der Waals surface area contributed by atoms with Crippen molar-refractivity contribution in [3.63, 3.8) is 0 Å². The maximum Gasteiger partial charge on any atom is 0.310 e. The molecule has 0 aliphatic heterocycles. The second-order valence-corrected chi connectivity index (χ2v) is 13.0. The molecule has 1 fully saturated rings. The van der Waals surface area contributed by atoms with Crippen LogP contribution < -0.4 is 0 Å². The normalized spacial score (nSPS) is 18.5. The number of carbonyl (C=O) groups is 1. The Bertz CT molecular complexity index is 537. The monoisotopic (exact) mass is 330 g/mol. The summed E-state index contributed by atoms with van der Waals surface area (Å²) in [7, 11) is -0.231. The van der Waals surface area contributed by atoms with Crippen molar-refractivity contribution in [1.29, 1.82) is 0 Å². The first kappa shape index (κ1) is 18.0. The van der Waals surface area contributed by atoms with E-state index < -0.39 is 8.07 Å². The summed E-state index contributed by atoms with van der Waals surface area (Å²) >= 11 is 0. The van der Waals surface area contributed by atoms with Gasteiger partial charge in [0.05, 0.1) is 20.7 Å². The van der Waals surface area contributed by atoms with Gasteiger partial charge in [-0.05, 0) is 29.9 Å². The van der Waals surface area contributed by atoms with Crippen molar-refractivity contribution in [3.8, 4) is 0 Å². The second kappa shape index (κ2) is 7.96. The fourth-order valence-electron chi connectivity index (χ4n) is 3.61. The average Bonchev–Trinajstić information content (AvgIpc) is 2.54. The van der Waals surface area contributed by atoms with Crippen molar-refractivity contribution in [1.82, 2.24) is 0 Å². The quantitative estimate of drug-likeness (QED) is 0.524. The first-order valence-electron chi connectivity index (χ1n) is 8.78. The summed E-state index contributed by atoms with van der Waals surface area (Å²) in [5, 5.41) is 0. The van der Waals surface area contributed by atoms with Crippen molar-refractivity contribution in [2.24, 2.45) is 5.92 Å². The molecule has 0 amide bonds. The predicted octanol–water partition coefficient (Wildman–Crippen LogP) is 5.53. The summed E-state index contributed by atoms with van der Waals surface area (Å²) in [4.78, 5) is 12.6. The van der Waals surface area contributed by atoms with Crippen molar-refractivity contribution < 1.29 is 9.53 Å². The van der Waals surface area contributed by atoms with Gasteiger partial charge in [0.2, 0.25) is 0 Å². The summed E-state index contributed by atoms with van der Waals surface area (Å²) < 4.78 is 5.19. The van der Waals surface area contributed by atoms with E-state index in [4.69, 9.17) is 4.74 Å². The number of allylic oxidation sites excluding steroid dienone is 1. The summed E-state index contributed by atoms with van der Waals surface area (Å²) in [6.07, 6.45) is 8.85. The zero-order chi connectivity index (χ0) is 16.9. The number of hydrogen-bond donors (Lipinski definition) is 0. The van der Waals surface area contributed by atoms with E-state index in [0.29, 0.717) is 5.92 Å². The Labute approximate surface area is 142 Å². The molecule has 1 aromatic rings. The van der Waals surface area contributed by atoms with Gasteiger partial charge in [0.25, 0.3) is 0 Å². The summed E-state index contributed by atoms with van der Waals surface area (Å²) in [5.41, 5.74) is 2.27. The molecule has 2 rings (SSSR count). The van der Waals surface area contributed by atoms with Crippen LogP contribution in [-0.2, 0) is 9.53 Å². The molecule has 0 N–H and O–H groups in total. The van der Waals surface area contributed by atoms with Gasteiger partial charge in [-0.25, -0.2) is 0 Å². The van der Waals surface area contributed by atoms with Crippen molar-refractivity contribution in [2.45, 2.75) is 57.3 Å². The zero-order valence-corrected chi connectivity index (χ0v) is 16.0. The first-order chi connectivity index (χ1) is 10.9. The van der Waals surface area contributed by atoms with E-state index in [1.807, 2.05) is 6.07 Å². The molecule has 1 aromatic carbocycles. The van der Waals surface area contributed by atoms with E-state index in [-0.39, 0.29) is 11.5 Å². The van der Waals surface area contributed by atoms with E-state index in [1.165, 1.54) is 50.4 Å². The van der Waals surface area contributed by atoms with Gasteiger partial charge in [-0.3, -0.25) is 4.79 Å². The lowest BCUT2D eigenvalue weighted by molar-refractivity contribution is -0.139. The SMILES string of the molecule is COC(=O)C(/C(=C\C1CCCCC1)c1ccccc1)[Si](C)(C)C. The molecule has 0 radical (unpaired) electrons. The minimum absolute atomic E-state index is 0.0740. The molecule has 0 aromatic heterocycles. The Kier molecular flexibility index (Phi) is 6.23. The third-order valence-electron chi connectivity index (χ3n) is 4.79. The van der Waals surface area contributed by atoms with Gasteiger partial charge in [-0.2, -0.15) is 0 Å². The van der Waals surface area contributed by atoms with Crippen LogP contribution >= 0.6 is 0 Å². The first-order valence-corrected chi connectivity index (χ1v) is 12.4. The number of benzene rings is 1. The van der Waals surface area contributed by atoms with Crippen LogP contribution in [0.2, 0.25) is 25.2 Å². The number of carbonyl (C=O) groups excluding carboxylic acids is 1. The van der Waals surface area contributed by atoms with E-state index in [2.05, 4.69) is 50.0 Å². The Hall–Kier alpha value is -1.35. The predicted molar refractivity (Wildman–Crippen MR) is 100 cm³/mol. The molecule has 1 aliphatic carbocycles. The maximum absolute atomic E-state index is 12.6. The molecule has 1 saturated carbocycles. The molecule has 23 heavy (non-hydrogen) atoms. The smallest absolute Gasteiger partial charge is 0.310 e. The molecular formula is C20H30O2Si. The van der Waals surface area contributed by atoms with Gasteiger partial charge in [0.15, 0.2) is 0 Å². The summed E-state index contributed by atoms with van der Waals surface area (Å²) in [6, 6.07) is 10.4. The standard InChI is InChI=1S/C20H30O2Si/c1-22-20(21)19(23(2,3)4)18(17-13-9-6-10-14-17)15-16-11-7-5-8-12-16/h6,9-10,13-16,19H,5,7-8,11-12H2,1-4H3/b18-15-. The van der Waals surface area contributed by atoms with E-state index in [0.717, 1.165) is 0 Å². The minimum Gasteiger partial charge on any atom is -0.469 e. The molecule has 0 bridgehead atoms. The van der Waals surface area contributed by atoms with Gasteiger partial charge in [0, 0.05) is 0 Å². The van der Waals surface area contributed by atoms with Crippen LogP contribution in [-0.4, -0.2) is 21.2 Å². The Morgan fingerprint density at radius 3 is 2.26 bits per heavy atom. The highest BCUT2D eigenvalue weighted by Crippen LogP contribution is 2.40. The lowest BCUT2D eigenvalue weighted by atomic mass is 9.86. The minimum atomic E-state index is -1.74. The number of methoxy groups -OCH3 is 1. The van der Waals surface area contributed by atoms with Crippen LogP contribution in [0.15, 0.2) is 36.4 Å². The molecule has 0 saturated heterocycles. The highest BCUT2D eigenvalue weighted by atomic mass is 28.3. The molecular weight excluding hydrogens is 300 g/mol. The van der Waals surface area contributed by atoms with Crippen LogP contribution in [0.4, 0.5) is 0 Å². The molecule has 0 spiro atoms. The zero-order valence-electron chi connectivity index (χ0n) is 15.0. The van der Waals surface area contributed by atoms with Crippen molar-refractivity contribution >= 4 is 19.6 Å². The van der Waals surface area contributed by atoms with Gasteiger partial charge < -0.3 is 4.74 Å². The topological polar surface area (TPSA) is 26.3 Å². The third kappa shape index (κ3) is 4.81. The lowest BCUT2D eigenvalue weighted by Gasteiger charge is -2.31. The third-order valence-corrected chi connectivity index (χ3v) is 7.06. The van der Waals surface area contributed by atoms with Gasteiger partial charge in [-0.1, -0.05) is 75.3 Å². The second-order valence-electron chi connectivity index (χ2n) is 7.71. The van der Waals surface area contributed by atoms with Crippen LogP contribution in [0, 0.1) is 5.92 Å². The van der Waals surface area contributed by atoms with Gasteiger partial charge in [0.1, 0.15) is 0 Å². The summed E-state index contributed by atoms with van der Waals surface area (Å²) in [5.74, 6) is 0.526. The maximum atomic E-state index is 12.6. The highest BCUT2D eigenvalue weighted by Gasteiger charge is 2.37. The molecule has 1 atom stereocenters. The Morgan fingerprint density at radius 2 is 1.74 bits per heavy atom. The number of ether oxygens (including phenoxy) is 1. The van der Waals surface area contributed by atoms with Crippen molar-refractivity contribution in [2.75, 3.05) is 7.11 Å². The lowest BCUT2D eigenvalue weighted by Crippen LogP contribution is -2.35. The van der Waals surface area contributed by atoms with Gasteiger partial charge >= 0.3 is 5.97 Å². The fourth-order valence-corrected chi connectivity index (χ4v) is 5.63. The Balaban J connectivity index is 2.46. The average molecular weight is 331 g/mol. The Morgan fingerprint density at radius 1 is 1.13 bits per heavy atom. The van der Waals surface area contributed by atoms with E-state index in [1.54, 1.807) is 0 Å². The van der Waals surface area contributed by atoms with Crippen LogP contribution in [0.3, 0.4) is 0 Å². The number of hydrogen-bond acceptors (Lipinski definition) is 2. The summed E-state index contributed by atoms with van der Waals surface area (Å²) in [6.45, 7) is 6.77.